The van der Waals surface area contributed by atoms with E-state index in [1.807, 2.05) is 0 Å². The summed E-state index contributed by atoms with van der Waals surface area (Å²) in [6.45, 7) is 1.74. The molecule has 0 radical (unpaired) electrons. The van der Waals surface area contributed by atoms with Crippen molar-refractivity contribution < 1.29 is 18.3 Å². The fourth-order valence-corrected chi connectivity index (χ4v) is 2.25. The molecule has 0 bridgehead atoms. The fourth-order valence-electron chi connectivity index (χ4n) is 2.25. The number of hydrogen-bond donors (Lipinski definition) is 1. The zero-order valence-corrected chi connectivity index (χ0v) is 11.0. The molecule has 1 aromatic carbocycles. The molecule has 0 amide bonds. The number of aliphatic hydroxyl groups excluding tert-OH is 1. The average Bonchev–Trinajstić information content (AvgIpc) is 2.41. The first-order chi connectivity index (χ1) is 9.41. The molecule has 1 unspecified atom stereocenters. The normalized spacial score (nSPS) is 19.1. The molecule has 0 saturated heterocycles. The second-order valence-electron chi connectivity index (χ2n) is 4.69. The minimum Gasteiger partial charge on any atom is -0.379 e. The van der Waals surface area contributed by atoms with E-state index >= 15 is 0 Å². The molecule has 1 aliphatic rings. The standard InChI is InChI=1S/C16H15F3O/c1-11-7-5-6-10-13(11)14(15(20)16(17,18)19)12-8-3-2-4-9-12/h2-8,10,15,20H,9H2,1H3/b14-12+. The minimum absolute atomic E-state index is 0.0591. The van der Waals surface area contributed by atoms with Crippen LogP contribution in [0.25, 0.3) is 5.57 Å². The molecule has 0 spiro atoms. The van der Waals surface area contributed by atoms with E-state index in [-0.39, 0.29) is 5.57 Å². The summed E-state index contributed by atoms with van der Waals surface area (Å²) < 4.78 is 38.8. The highest BCUT2D eigenvalue weighted by atomic mass is 19.4. The Balaban J connectivity index is 2.60. The Morgan fingerprint density at radius 1 is 1.20 bits per heavy atom. The summed E-state index contributed by atoms with van der Waals surface area (Å²) in [5.41, 5.74) is 1.58. The number of allylic oxidation sites excluding steroid dienone is 5. The van der Waals surface area contributed by atoms with Gasteiger partial charge in [0.05, 0.1) is 0 Å². The lowest BCUT2D eigenvalue weighted by Crippen LogP contribution is -2.30. The predicted molar refractivity (Wildman–Crippen MR) is 73.1 cm³/mol. The van der Waals surface area contributed by atoms with Crippen LogP contribution in [0.1, 0.15) is 17.5 Å². The Kier molecular flexibility index (Phi) is 4.14. The lowest BCUT2D eigenvalue weighted by Gasteiger charge is -2.23. The number of aliphatic hydroxyl groups is 1. The van der Waals surface area contributed by atoms with Crippen molar-refractivity contribution in [3.63, 3.8) is 0 Å². The fraction of sp³-hybridized carbons (Fsp3) is 0.250. The maximum absolute atomic E-state index is 12.9. The molecule has 0 saturated carbocycles. The monoisotopic (exact) mass is 280 g/mol. The van der Waals surface area contributed by atoms with Crippen molar-refractivity contribution >= 4 is 5.57 Å². The molecule has 1 aliphatic carbocycles. The molecule has 106 valence electrons. The van der Waals surface area contributed by atoms with Gasteiger partial charge in [0.15, 0.2) is 6.10 Å². The van der Waals surface area contributed by atoms with Crippen LogP contribution in [0.3, 0.4) is 0 Å². The van der Waals surface area contributed by atoms with E-state index < -0.39 is 12.3 Å². The van der Waals surface area contributed by atoms with Gasteiger partial charge in [0.1, 0.15) is 0 Å². The molecule has 0 aromatic heterocycles. The molecule has 0 heterocycles. The summed E-state index contributed by atoms with van der Waals surface area (Å²) in [5, 5.41) is 9.73. The topological polar surface area (TPSA) is 20.2 Å². The molecule has 1 nitrogen and oxygen atoms in total. The summed E-state index contributed by atoms with van der Waals surface area (Å²) in [7, 11) is 0. The van der Waals surface area contributed by atoms with Crippen LogP contribution in [0, 0.1) is 6.92 Å². The third-order valence-electron chi connectivity index (χ3n) is 3.25. The van der Waals surface area contributed by atoms with Crippen LogP contribution >= 0.6 is 0 Å². The maximum Gasteiger partial charge on any atom is 0.418 e. The molecule has 20 heavy (non-hydrogen) atoms. The van der Waals surface area contributed by atoms with E-state index in [4.69, 9.17) is 0 Å². The van der Waals surface area contributed by atoms with Gasteiger partial charge in [-0.2, -0.15) is 13.2 Å². The first-order valence-corrected chi connectivity index (χ1v) is 6.28. The molecular weight excluding hydrogens is 265 g/mol. The quantitative estimate of drug-likeness (QED) is 0.861. The van der Waals surface area contributed by atoms with Crippen molar-refractivity contribution in [1.82, 2.24) is 0 Å². The third-order valence-corrected chi connectivity index (χ3v) is 3.25. The van der Waals surface area contributed by atoms with E-state index in [0.29, 0.717) is 23.1 Å². The van der Waals surface area contributed by atoms with Crippen LogP contribution < -0.4 is 0 Å². The summed E-state index contributed by atoms with van der Waals surface area (Å²) in [6, 6.07) is 6.78. The van der Waals surface area contributed by atoms with Crippen LogP contribution in [-0.4, -0.2) is 17.4 Å². The number of rotatable bonds is 2. The largest absolute Gasteiger partial charge is 0.418 e. The van der Waals surface area contributed by atoms with Crippen LogP contribution in [-0.2, 0) is 0 Å². The molecule has 1 atom stereocenters. The summed E-state index contributed by atoms with van der Waals surface area (Å²) >= 11 is 0. The summed E-state index contributed by atoms with van der Waals surface area (Å²) in [4.78, 5) is 0. The zero-order valence-electron chi connectivity index (χ0n) is 11.0. The predicted octanol–water partition coefficient (Wildman–Crippen LogP) is 4.19. The van der Waals surface area contributed by atoms with Crippen LogP contribution in [0.5, 0.6) is 0 Å². The van der Waals surface area contributed by atoms with E-state index in [2.05, 4.69) is 0 Å². The Morgan fingerprint density at radius 3 is 2.45 bits per heavy atom. The number of benzene rings is 1. The van der Waals surface area contributed by atoms with Gasteiger partial charge in [-0.3, -0.25) is 0 Å². The molecular formula is C16H15F3O. The number of alkyl halides is 3. The molecule has 0 fully saturated rings. The van der Waals surface area contributed by atoms with E-state index in [1.165, 1.54) is 0 Å². The minimum atomic E-state index is -4.68. The lowest BCUT2D eigenvalue weighted by atomic mass is 9.89. The van der Waals surface area contributed by atoms with Gasteiger partial charge in [0, 0.05) is 5.57 Å². The van der Waals surface area contributed by atoms with Gasteiger partial charge in [-0.05, 0) is 30.0 Å². The Bertz CT molecular complexity index is 580. The van der Waals surface area contributed by atoms with Gasteiger partial charge in [-0.1, -0.05) is 48.6 Å². The Hall–Kier alpha value is -1.81. The van der Waals surface area contributed by atoms with E-state index in [0.717, 1.165) is 0 Å². The number of hydrogen-bond acceptors (Lipinski definition) is 1. The molecule has 1 N–H and O–H groups in total. The zero-order chi connectivity index (χ0) is 14.8. The summed E-state index contributed by atoms with van der Waals surface area (Å²) in [6.07, 6.45) is 0.0780. The van der Waals surface area contributed by atoms with Crippen molar-refractivity contribution in [2.75, 3.05) is 0 Å². The third kappa shape index (κ3) is 3.02. The van der Waals surface area contributed by atoms with Crippen LogP contribution in [0.2, 0.25) is 0 Å². The van der Waals surface area contributed by atoms with Gasteiger partial charge < -0.3 is 5.11 Å². The highest BCUT2D eigenvalue weighted by Crippen LogP contribution is 2.36. The Morgan fingerprint density at radius 2 is 1.90 bits per heavy atom. The average molecular weight is 280 g/mol. The summed E-state index contributed by atoms with van der Waals surface area (Å²) in [5.74, 6) is 0. The van der Waals surface area contributed by atoms with Gasteiger partial charge >= 0.3 is 6.18 Å². The highest BCUT2D eigenvalue weighted by molar-refractivity contribution is 5.76. The van der Waals surface area contributed by atoms with Crippen LogP contribution in [0.15, 0.2) is 54.1 Å². The van der Waals surface area contributed by atoms with Crippen molar-refractivity contribution in [2.24, 2.45) is 0 Å². The SMILES string of the molecule is Cc1ccccc1/C(=C1/C=CC=CC1)C(O)C(F)(F)F. The molecule has 4 heteroatoms. The molecule has 2 rings (SSSR count). The molecule has 1 aromatic rings. The van der Waals surface area contributed by atoms with Crippen molar-refractivity contribution in [3.8, 4) is 0 Å². The van der Waals surface area contributed by atoms with Crippen molar-refractivity contribution in [3.05, 3.63) is 65.3 Å². The second-order valence-corrected chi connectivity index (χ2v) is 4.69. The van der Waals surface area contributed by atoms with E-state index in [1.54, 1.807) is 55.5 Å². The van der Waals surface area contributed by atoms with Gasteiger partial charge in [-0.25, -0.2) is 0 Å². The van der Waals surface area contributed by atoms with Gasteiger partial charge in [0.25, 0.3) is 0 Å². The van der Waals surface area contributed by atoms with Gasteiger partial charge in [-0.15, -0.1) is 0 Å². The Labute approximate surface area is 115 Å². The maximum atomic E-state index is 12.9. The van der Waals surface area contributed by atoms with E-state index in [9.17, 15) is 18.3 Å². The smallest absolute Gasteiger partial charge is 0.379 e. The number of aryl methyl sites for hydroxylation is 1. The lowest BCUT2D eigenvalue weighted by molar-refractivity contribution is -0.184. The number of halogens is 3. The first-order valence-electron chi connectivity index (χ1n) is 6.28. The van der Waals surface area contributed by atoms with Gasteiger partial charge in [0.2, 0.25) is 0 Å². The highest BCUT2D eigenvalue weighted by Gasteiger charge is 2.42. The van der Waals surface area contributed by atoms with Crippen molar-refractivity contribution in [1.29, 1.82) is 0 Å². The van der Waals surface area contributed by atoms with Crippen molar-refractivity contribution in [2.45, 2.75) is 25.6 Å². The first kappa shape index (κ1) is 14.6. The van der Waals surface area contributed by atoms with Crippen LogP contribution in [0.4, 0.5) is 13.2 Å². The molecule has 0 aliphatic heterocycles. The second kappa shape index (κ2) is 5.67.